The second-order valence-electron chi connectivity index (χ2n) is 5.26. The molecule has 4 nitrogen and oxygen atoms in total. The molecule has 0 radical (unpaired) electrons. The third-order valence-electron chi connectivity index (χ3n) is 3.23. The van der Waals surface area contributed by atoms with Crippen LogP contribution in [-0.4, -0.2) is 23.7 Å². The van der Waals surface area contributed by atoms with Crippen molar-refractivity contribution < 1.29 is 9.79 Å². The molecule has 1 heterocycles. The lowest BCUT2D eigenvalue weighted by Gasteiger charge is -2.26. The van der Waals surface area contributed by atoms with Crippen LogP contribution in [0.1, 0.15) is 26.3 Å². The van der Waals surface area contributed by atoms with Crippen molar-refractivity contribution in [3.63, 3.8) is 0 Å². The van der Waals surface area contributed by atoms with Crippen molar-refractivity contribution in [2.24, 2.45) is 0 Å². The van der Waals surface area contributed by atoms with Gasteiger partial charge in [0.1, 0.15) is 10.0 Å². The van der Waals surface area contributed by atoms with Gasteiger partial charge in [0.15, 0.2) is 0 Å². The normalized spacial score (nSPS) is 13.2. The van der Waals surface area contributed by atoms with Crippen LogP contribution in [0.25, 0.3) is 0 Å². The average Bonchev–Trinajstić information content (AvgIpc) is 2.45. The second kappa shape index (κ2) is 6.77. The molecule has 1 aromatic carbocycles. The standard InChI is InChI=1S/C16H19ClN2O2S/c1-12(2)19(11-14-6-4-13(3)5-7-14)22(20,21)15-8-9-16(17)18-10-15/h4-10,12H,11H2,1-3H3/i12D. The summed E-state index contributed by atoms with van der Waals surface area (Å²) in [4.78, 5) is 3.85. The monoisotopic (exact) mass is 339 g/mol. The van der Waals surface area contributed by atoms with E-state index < -0.39 is 16.0 Å². The van der Waals surface area contributed by atoms with E-state index in [0.717, 1.165) is 15.4 Å². The lowest BCUT2D eigenvalue weighted by Crippen LogP contribution is -2.36. The van der Waals surface area contributed by atoms with Crippen molar-refractivity contribution in [1.29, 1.82) is 0 Å². The molecule has 2 rings (SSSR count). The van der Waals surface area contributed by atoms with Crippen LogP contribution in [0.4, 0.5) is 0 Å². The van der Waals surface area contributed by atoms with Crippen molar-refractivity contribution in [2.45, 2.75) is 38.2 Å². The summed E-state index contributed by atoms with van der Waals surface area (Å²) in [7, 11) is -3.86. The van der Waals surface area contributed by atoms with Gasteiger partial charge in [-0.25, -0.2) is 13.4 Å². The Morgan fingerprint density at radius 1 is 1.23 bits per heavy atom. The molecule has 0 unspecified atom stereocenters. The fourth-order valence-electron chi connectivity index (χ4n) is 1.98. The minimum Gasteiger partial charge on any atom is -0.243 e. The molecule has 0 amide bonds. The first kappa shape index (κ1) is 15.5. The highest BCUT2D eigenvalue weighted by atomic mass is 35.5. The molecule has 0 fully saturated rings. The van der Waals surface area contributed by atoms with Crippen LogP contribution < -0.4 is 0 Å². The van der Waals surface area contributed by atoms with Gasteiger partial charge in [-0.05, 0) is 38.5 Å². The maximum absolute atomic E-state index is 12.9. The van der Waals surface area contributed by atoms with Crippen LogP contribution >= 0.6 is 11.6 Å². The number of nitrogens with zero attached hydrogens (tertiary/aromatic N) is 2. The van der Waals surface area contributed by atoms with E-state index in [4.69, 9.17) is 13.0 Å². The summed E-state index contributed by atoms with van der Waals surface area (Å²) in [5.74, 6) is 0. The van der Waals surface area contributed by atoms with E-state index in [-0.39, 0.29) is 16.6 Å². The molecule has 0 aliphatic heterocycles. The summed E-state index contributed by atoms with van der Waals surface area (Å²) >= 11 is 5.72. The van der Waals surface area contributed by atoms with E-state index in [2.05, 4.69) is 4.98 Å². The zero-order chi connectivity index (χ0) is 17.3. The minimum absolute atomic E-state index is 0.0225. The molecule has 0 aliphatic carbocycles. The molecule has 1 aromatic heterocycles. The van der Waals surface area contributed by atoms with Gasteiger partial charge in [-0.1, -0.05) is 41.4 Å². The van der Waals surface area contributed by atoms with Gasteiger partial charge in [0.05, 0.1) is 0 Å². The Kier molecular flexibility index (Phi) is 4.76. The van der Waals surface area contributed by atoms with E-state index in [1.54, 1.807) is 13.8 Å². The van der Waals surface area contributed by atoms with Crippen LogP contribution in [0.5, 0.6) is 0 Å². The van der Waals surface area contributed by atoms with Gasteiger partial charge in [0, 0.05) is 20.1 Å². The van der Waals surface area contributed by atoms with Crippen LogP contribution in [0.2, 0.25) is 5.15 Å². The molecule has 2 aromatic rings. The Balaban J connectivity index is 2.42. The zero-order valence-corrected chi connectivity index (χ0v) is 14.3. The average molecular weight is 340 g/mol. The van der Waals surface area contributed by atoms with Crippen LogP contribution in [0.3, 0.4) is 0 Å². The number of aromatic nitrogens is 1. The lowest BCUT2D eigenvalue weighted by atomic mass is 10.1. The molecule has 0 bridgehead atoms. The third kappa shape index (κ3) is 3.85. The van der Waals surface area contributed by atoms with Gasteiger partial charge in [0.2, 0.25) is 10.0 Å². The SMILES string of the molecule is [2H]C(C)(C)N(Cc1ccc(C)cc1)S(=O)(=O)c1ccc(Cl)nc1. The minimum atomic E-state index is -3.86. The molecule has 0 saturated heterocycles. The lowest BCUT2D eigenvalue weighted by molar-refractivity contribution is 0.348. The summed E-state index contributed by atoms with van der Waals surface area (Å²) in [6.07, 6.45) is 1.21. The fourth-order valence-corrected chi connectivity index (χ4v) is 3.58. The summed E-state index contributed by atoms with van der Waals surface area (Å²) in [5.41, 5.74) is 1.91. The zero-order valence-electron chi connectivity index (χ0n) is 13.7. The molecule has 0 aliphatic rings. The number of hydrogen-bond acceptors (Lipinski definition) is 3. The predicted molar refractivity (Wildman–Crippen MR) is 88.3 cm³/mol. The maximum Gasteiger partial charge on any atom is 0.245 e. The van der Waals surface area contributed by atoms with E-state index in [1.165, 1.54) is 18.3 Å². The number of pyridine rings is 1. The summed E-state index contributed by atoms with van der Waals surface area (Å²) < 4.78 is 35.1. The Morgan fingerprint density at radius 2 is 1.86 bits per heavy atom. The van der Waals surface area contributed by atoms with Crippen LogP contribution in [0.15, 0.2) is 47.5 Å². The largest absolute Gasteiger partial charge is 0.245 e. The summed E-state index contributed by atoms with van der Waals surface area (Å²) in [6, 6.07) is 9.08. The summed E-state index contributed by atoms with van der Waals surface area (Å²) in [5, 5.41) is 0.221. The number of halogens is 1. The quantitative estimate of drug-likeness (QED) is 0.781. The molecule has 0 atom stereocenters. The molecular formula is C16H19ClN2O2S. The Labute approximate surface area is 138 Å². The molecule has 0 N–H and O–H groups in total. The Morgan fingerprint density at radius 3 is 2.36 bits per heavy atom. The number of rotatable bonds is 5. The molecule has 0 spiro atoms. The highest BCUT2D eigenvalue weighted by molar-refractivity contribution is 7.89. The van der Waals surface area contributed by atoms with Gasteiger partial charge in [-0.3, -0.25) is 0 Å². The van der Waals surface area contributed by atoms with Crippen LogP contribution in [-0.2, 0) is 16.6 Å². The van der Waals surface area contributed by atoms with Crippen LogP contribution in [0, 0.1) is 6.92 Å². The first-order valence-corrected chi connectivity index (χ1v) is 8.62. The van der Waals surface area contributed by atoms with Crippen molar-refractivity contribution in [3.05, 3.63) is 58.9 Å². The second-order valence-corrected chi connectivity index (χ2v) is 7.51. The molecular weight excluding hydrogens is 320 g/mol. The molecule has 22 heavy (non-hydrogen) atoms. The first-order chi connectivity index (χ1) is 10.6. The van der Waals surface area contributed by atoms with Crippen molar-refractivity contribution in [2.75, 3.05) is 0 Å². The third-order valence-corrected chi connectivity index (χ3v) is 5.37. The highest BCUT2D eigenvalue weighted by Crippen LogP contribution is 2.21. The van der Waals surface area contributed by atoms with E-state index in [9.17, 15) is 8.42 Å². The highest BCUT2D eigenvalue weighted by Gasteiger charge is 2.27. The Hall–Kier alpha value is -1.43. The fraction of sp³-hybridized carbons (Fsp3) is 0.312. The van der Waals surface area contributed by atoms with Gasteiger partial charge in [-0.2, -0.15) is 4.31 Å². The van der Waals surface area contributed by atoms with E-state index in [1.807, 2.05) is 31.2 Å². The van der Waals surface area contributed by atoms with Gasteiger partial charge >= 0.3 is 0 Å². The molecule has 118 valence electrons. The topological polar surface area (TPSA) is 50.3 Å². The predicted octanol–water partition coefficient (Wildman–Crippen LogP) is 3.64. The Bertz CT molecular complexity index is 769. The van der Waals surface area contributed by atoms with Crippen molar-refractivity contribution in [1.82, 2.24) is 9.29 Å². The number of sulfonamides is 1. The van der Waals surface area contributed by atoms with Crippen molar-refractivity contribution >= 4 is 21.6 Å². The van der Waals surface area contributed by atoms with Gasteiger partial charge in [0.25, 0.3) is 0 Å². The molecule has 6 heteroatoms. The summed E-state index contributed by atoms with van der Waals surface area (Å²) in [6.45, 7) is 5.16. The van der Waals surface area contributed by atoms with E-state index >= 15 is 0 Å². The number of hydrogen-bond donors (Lipinski definition) is 0. The van der Waals surface area contributed by atoms with E-state index in [0.29, 0.717) is 0 Å². The number of aryl methyl sites for hydroxylation is 1. The molecule has 0 saturated carbocycles. The smallest absolute Gasteiger partial charge is 0.243 e. The van der Waals surface area contributed by atoms with Gasteiger partial charge < -0.3 is 0 Å². The van der Waals surface area contributed by atoms with Gasteiger partial charge in [-0.15, -0.1) is 0 Å². The first-order valence-electron chi connectivity index (χ1n) is 7.30. The van der Waals surface area contributed by atoms with Crippen molar-refractivity contribution in [3.8, 4) is 0 Å². The number of benzene rings is 1. The maximum atomic E-state index is 12.9.